The second-order valence-electron chi connectivity index (χ2n) is 8.80. The molecule has 0 spiro atoms. The van der Waals surface area contributed by atoms with Crippen LogP contribution in [-0.2, 0) is 17.4 Å². The Morgan fingerprint density at radius 3 is 2.28 bits per heavy atom. The van der Waals surface area contributed by atoms with Crippen LogP contribution in [-0.4, -0.2) is 32.1 Å². The number of ether oxygens (including phenoxy) is 1. The molecule has 36 heavy (non-hydrogen) atoms. The van der Waals surface area contributed by atoms with E-state index in [-0.39, 0.29) is 23.7 Å². The number of hydrogen-bond acceptors (Lipinski definition) is 5. The molecule has 2 aromatic heterocycles. The summed E-state index contributed by atoms with van der Waals surface area (Å²) in [7, 11) is 0. The van der Waals surface area contributed by atoms with Gasteiger partial charge in [0.1, 0.15) is 5.56 Å². The highest BCUT2D eigenvalue weighted by atomic mass is 19.4. The molecule has 0 amide bonds. The zero-order chi connectivity index (χ0) is 26.5. The quantitative estimate of drug-likeness (QED) is 0.324. The molecule has 1 atom stereocenters. The Labute approximate surface area is 208 Å². The van der Waals surface area contributed by atoms with Gasteiger partial charge in [-0.2, -0.15) is 13.2 Å². The van der Waals surface area contributed by atoms with Crippen molar-refractivity contribution < 1.29 is 27.8 Å². The Morgan fingerprint density at radius 1 is 1.06 bits per heavy atom. The van der Waals surface area contributed by atoms with Crippen molar-refractivity contribution >= 4 is 5.97 Å². The van der Waals surface area contributed by atoms with Gasteiger partial charge in [-0.25, -0.2) is 15.0 Å². The molecule has 2 heterocycles. The van der Waals surface area contributed by atoms with E-state index >= 15 is 0 Å². The van der Waals surface area contributed by atoms with Crippen molar-refractivity contribution in [3.63, 3.8) is 0 Å². The van der Waals surface area contributed by atoms with Crippen molar-refractivity contribution in [1.29, 1.82) is 0 Å². The fourth-order valence-corrected chi connectivity index (χ4v) is 4.24. The molecule has 0 aliphatic carbocycles. The van der Waals surface area contributed by atoms with Crippen LogP contribution in [0, 0.1) is 0 Å². The summed E-state index contributed by atoms with van der Waals surface area (Å²) in [6.45, 7) is 7.34. The van der Waals surface area contributed by atoms with Gasteiger partial charge in [0, 0.05) is 36.1 Å². The molecule has 0 saturated heterocycles. The highest BCUT2D eigenvalue weighted by Gasteiger charge is 2.36. The average Bonchev–Trinajstić information content (AvgIpc) is 2.83. The highest BCUT2D eigenvalue weighted by Crippen LogP contribution is 2.38. The van der Waals surface area contributed by atoms with Crippen molar-refractivity contribution in [1.82, 2.24) is 15.0 Å². The lowest BCUT2D eigenvalue weighted by molar-refractivity contribution is -0.139. The molecule has 1 N–H and O–H groups in total. The van der Waals surface area contributed by atoms with Gasteiger partial charge < -0.3 is 9.84 Å². The summed E-state index contributed by atoms with van der Waals surface area (Å²) >= 11 is 0. The number of benzene rings is 1. The third-order valence-corrected chi connectivity index (χ3v) is 5.93. The number of aromatic nitrogens is 3. The molecule has 0 fully saturated rings. The van der Waals surface area contributed by atoms with Crippen LogP contribution in [0.15, 0.2) is 42.9 Å². The number of aliphatic carboxylic acids is 1. The second kappa shape index (κ2) is 11.5. The minimum absolute atomic E-state index is 0.0959. The van der Waals surface area contributed by atoms with Gasteiger partial charge in [0.05, 0.1) is 6.10 Å². The Balaban J connectivity index is 1.97. The molecule has 1 unspecified atom stereocenters. The molecule has 0 aliphatic heterocycles. The zero-order valence-corrected chi connectivity index (χ0v) is 20.8. The van der Waals surface area contributed by atoms with Crippen LogP contribution in [0.1, 0.15) is 69.6 Å². The maximum absolute atomic E-state index is 13.6. The summed E-state index contributed by atoms with van der Waals surface area (Å²) < 4.78 is 46.0. The molecule has 0 aliphatic rings. The van der Waals surface area contributed by atoms with E-state index in [2.05, 4.69) is 15.0 Å². The van der Waals surface area contributed by atoms with Crippen molar-refractivity contribution in [3.05, 3.63) is 59.5 Å². The summed E-state index contributed by atoms with van der Waals surface area (Å²) in [6.07, 6.45) is 1.53. The van der Waals surface area contributed by atoms with E-state index in [1.165, 1.54) is 6.20 Å². The first-order chi connectivity index (χ1) is 17.0. The minimum Gasteiger partial charge on any atom is -0.481 e. The van der Waals surface area contributed by atoms with Gasteiger partial charge in [0.15, 0.2) is 5.82 Å². The van der Waals surface area contributed by atoms with Gasteiger partial charge in [-0.15, -0.1) is 0 Å². The molecular weight excluding hydrogens is 471 g/mol. The largest absolute Gasteiger partial charge is 0.481 e. The number of pyridine rings is 1. The van der Waals surface area contributed by atoms with Crippen molar-refractivity contribution in [2.75, 3.05) is 0 Å². The zero-order valence-electron chi connectivity index (χ0n) is 20.8. The van der Waals surface area contributed by atoms with E-state index < -0.39 is 29.7 Å². The fourth-order valence-electron chi connectivity index (χ4n) is 4.24. The van der Waals surface area contributed by atoms with Crippen LogP contribution in [0.5, 0.6) is 5.88 Å². The lowest BCUT2D eigenvalue weighted by Crippen LogP contribution is -2.14. The number of nitrogens with zero attached hydrogens (tertiary/aromatic N) is 3. The molecule has 0 radical (unpaired) electrons. The van der Waals surface area contributed by atoms with E-state index in [9.17, 15) is 18.0 Å². The molecule has 192 valence electrons. The molecule has 9 heteroatoms. The third kappa shape index (κ3) is 6.38. The predicted octanol–water partition coefficient (Wildman–Crippen LogP) is 6.93. The third-order valence-electron chi connectivity index (χ3n) is 5.93. The van der Waals surface area contributed by atoms with Gasteiger partial charge in [0.2, 0.25) is 5.88 Å². The standard InChI is InChI=1S/C27H30F3N3O3/c1-5-17(10-11-24(34)35)21-8-7-9-22(20(21)6-2)19-14-31-25(32-15-19)18-12-23(27(28,29)30)26(33-13-18)36-16(3)4/h7-9,12-17H,5-6,10-11H2,1-4H3,(H,34,35). The fraction of sp³-hybridized carbons (Fsp3) is 0.407. The maximum atomic E-state index is 13.6. The summed E-state index contributed by atoms with van der Waals surface area (Å²) in [5.74, 6) is -1.07. The first-order valence-corrected chi connectivity index (χ1v) is 11.9. The lowest BCUT2D eigenvalue weighted by atomic mass is 9.84. The highest BCUT2D eigenvalue weighted by molar-refractivity contribution is 5.70. The Kier molecular flexibility index (Phi) is 8.66. The Hall–Kier alpha value is -3.49. The van der Waals surface area contributed by atoms with E-state index in [4.69, 9.17) is 9.84 Å². The summed E-state index contributed by atoms with van der Waals surface area (Å²) in [5, 5.41) is 9.11. The van der Waals surface area contributed by atoms with Gasteiger partial charge in [-0.3, -0.25) is 4.79 Å². The number of alkyl halides is 3. The summed E-state index contributed by atoms with van der Waals surface area (Å²) in [5.41, 5.74) is 2.99. The number of halogens is 3. The van der Waals surface area contributed by atoms with Gasteiger partial charge in [0.25, 0.3) is 0 Å². The SMILES string of the molecule is CCc1c(-c2cnc(-c3cnc(OC(C)C)c(C(F)(F)F)c3)nc2)cccc1C(CC)CCC(=O)O. The van der Waals surface area contributed by atoms with E-state index in [1.54, 1.807) is 26.2 Å². The number of hydrogen-bond donors (Lipinski definition) is 1. The smallest absolute Gasteiger partial charge is 0.421 e. The summed E-state index contributed by atoms with van der Waals surface area (Å²) in [6, 6.07) is 6.85. The average molecular weight is 502 g/mol. The topological polar surface area (TPSA) is 85.2 Å². The number of carbonyl (C=O) groups is 1. The number of carboxylic acids is 1. The number of rotatable bonds is 10. The van der Waals surface area contributed by atoms with Crippen LogP contribution in [0.4, 0.5) is 13.2 Å². The minimum atomic E-state index is -4.64. The van der Waals surface area contributed by atoms with Crippen molar-refractivity contribution in [2.45, 2.75) is 71.6 Å². The Bertz CT molecular complexity index is 1200. The number of carboxylic acid groups (broad SMARTS) is 1. The molecule has 6 nitrogen and oxygen atoms in total. The van der Waals surface area contributed by atoms with Gasteiger partial charge >= 0.3 is 12.1 Å². The first-order valence-electron chi connectivity index (χ1n) is 11.9. The molecule has 3 rings (SSSR count). The van der Waals surface area contributed by atoms with E-state index in [0.717, 1.165) is 41.2 Å². The van der Waals surface area contributed by atoms with Crippen molar-refractivity contribution in [2.24, 2.45) is 0 Å². The van der Waals surface area contributed by atoms with E-state index in [0.29, 0.717) is 6.42 Å². The van der Waals surface area contributed by atoms with Crippen molar-refractivity contribution in [3.8, 4) is 28.4 Å². The summed E-state index contributed by atoms with van der Waals surface area (Å²) in [4.78, 5) is 23.6. The van der Waals surface area contributed by atoms with Crippen LogP contribution < -0.4 is 4.74 Å². The molecule has 0 bridgehead atoms. The van der Waals surface area contributed by atoms with Gasteiger partial charge in [-0.05, 0) is 61.8 Å². The maximum Gasteiger partial charge on any atom is 0.421 e. The first kappa shape index (κ1) is 27.1. The van der Waals surface area contributed by atoms with E-state index in [1.807, 2.05) is 32.0 Å². The monoisotopic (exact) mass is 501 g/mol. The lowest BCUT2D eigenvalue weighted by Gasteiger charge is -2.21. The predicted molar refractivity (Wildman–Crippen MR) is 131 cm³/mol. The van der Waals surface area contributed by atoms with Crippen LogP contribution >= 0.6 is 0 Å². The second-order valence-corrected chi connectivity index (χ2v) is 8.80. The molecule has 1 aromatic carbocycles. The van der Waals surface area contributed by atoms with Gasteiger partial charge in [-0.1, -0.05) is 32.0 Å². The van der Waals surface area contributed by atoms with Crippen LogP contribution in [0.3, 0.4) is 0 Å². The van der Waals surface area contributed by atoms with Crippen LogP contribution in [0.2, 0.25) is 0 Å². The van der Waals surface area contributed by atoms with Crippen LogP contribution in [0.25, 0.3) is 22.5 Å². The molecular formula is C27H30F3N3O3. The molecule has 3 aromatic rings. The Morgan fingerprint density at radius 2 is 1.72 bits per heavy atom. The molecule has 0 saturated carbocycles. The normalized spacial score (nSPS) is 12.6.